The summed E-state index contributed by atoms with van der Waals surface area (Å²) in [6.45, 7) is 11.0. The van der Waals surface area contributed by atoms with Gasteiger partial charge in [-0.05, 0) is 32.6 Å². The summed E-state index contributed by atoms with van der Waals surface area (Å²) in [6.07, 6.45) is 19.0. The van der Waals surface area contributed by atoms with Crippen molar-refractivity contribution in [1.29, 1.82) is 0 Å². The molecule has 4 nitrogen and oxygen atoms in total. The first-order valence-electron chi connectivity index (χ1n) is 11.4. The Hall–Kier alpha value is -1.16. The molecule has 27 heavy (non-hydrogen) atoms. The lowest BCUT2D eigenvalue weighted by Gasteiger charge is -2.33. The second kappa shape index (κ2) is 14.8. The first kappa shape index (κ1) is 23.9. The van der Waals surface area contributed by atoms with Gasteiger partial charge in [0.2, 0.25) is 5.91 Å². The predicted octanol–water partition coefficient (Wildman–Crippen LogP) is 5.24. The molecule has 4 heteroatoms. The van der Waals surface area contributed by atoms with Gasteiger partial charge in [-0.25, -0.2) is 4.99 Å². The van der Waals surface area contributed by atoms with Gasteiger partial charge in [0.25, 0.3) is 0 Å². The number of likely N-dealkylation sites (N-methyl/N-ethyl adjacent to an activating group) is 1. The zero-order valence-electron chi connectivity index (χ0n) is 18.3. The van der Waals surface area contributed by atoms with Crippen LogP contribution in [0.25, 0.3) is 0 Å². The lowest BCUT2D eigenvalue weighted by molar-refractivity contribution is -0.833. The van der Waals surface area contributed by atoms with Crippen LogP contribution in [0.4, 0.5) is 0 Å². The Labute approximate surface area is 168 Å². The molecule has 1 aliphatic heterocycles. The van der Waals surface area contributed by atoms with Crippen molar-refractivity contribution in [2.75, 3.05) is 32.7 Å². The predicted molar refractivity (Wildman–Crippen MR) is 117 cm³/mol. The Kier molecular flexibility index (Phi) is 13.1. The van der Waals surface area contributed by atoms with Crippen molar-refractivity contribution in [2.45, 2.75) is 91.4 Å². The minimum atomic E-state index is 0.0689. The van der Waals surface area contributed by atoms with E-state index in [0.717, 1.165) is 43.6 Å². The number of amides is 1. The quantitative estimate of drug-likeness (QED) is 0.223. The molecule has 0 aromatic carbocycles. The van der Waals surface area contributed by atoms with Crippen molar-refractivity contribution in [3.63, 3.8) is 0 Å². The van der Waals surface area contributed by atoms with Crippen LogP contribution in [-0.4, -0.2) is 48.9 Å². The van der Waals surface area contributed by atoms with Crippen molar-refractivity contribution >= 4 is 11.7 Å². The third-order valence-corrected chi connectivity index (χ3v) is 5.81. The van der Waals surface area contributed by atoms with Crippen LogP contribution in [0, 0.1) is 0 Å². The van der Waals surface area contributed by atoms with E-state index in [1.165, 1.54) is 70.0 Å². The molecule has 1 N–H and O–H groups in total. The van der Waals surface area contributed by atoms with E-state index < -0.39 is 0 Å². The van der Waals surface area contributed by atoms with Crippen LogP contribution < -0.4 is 5.32 Å². The number of carbonyl (C=O) groups excluding carboxylic acids is 1. The number of carbonyl (C=O) groups is 1. The molecule has 0 fully saturated rings. The maximum atomic E-state index is 11.1. The largest absolute Gasteiger partial charge is 0.351 e. The van der Waals surface area contributed by atoms with Gasteiger partial charge in [-0.2, -0.15) is 0 Å². The topological polar surface area (TPSA) is 41.5 Å². The molecular weight excluding hydrogens is 334 g/mol. The summed E-state index contributed by atoms with van der Waals surface area (Å²) < 4.78 is 0.993. The number of aliphatic imine (C=N–C) groups is 1. The molecular formula is C23H44N3O+. The SMILES string of the molecule is CC/C=C/CCCCCCCCCCC1=NCC[N+]1(CC)CCNC(C)=O. The zero-order valence-corrected chi connectivity index (χ0v) is 18.3. The normalized spacial score (nSPS) is 19.6. The molecule has 0 saturated heterocycles. The molecule has 0 bridgehead atoms. The maximum absolute atomic E-state index is 11.1. The first-order chi connectivity index (χ1) is 13.1. The number of nitrogens with one attached hydrogen (secondary N) is 1. The number of quaternary nitrogens is 1. The zero-order chi connectivity index (χ0) is 19.8. The van der Waals surface area contributed by atoms with Crippen molar-refractivity contribution in [3.05, 3.63) is 12.2 Å². The van der Waals surface area contributed by atoms with Gasteiger partial charge in [0, 0.05) is 13.3 Å². The molecule has 0 aliphatic carbocycles. The van der Waals surface area contributed by atoms with E-state index in [0.29, 0.717) is 0 Å². The van der Waals surface area contributed by atoms with Gasteiger partial charge in [0.05, 0.1) is 19.6 Å². The molecule has 0 saturated carbocycles. The second-order valence-electron chi connectivity index (χ2n) is 7.94. The van der Waals surface area contributed by atoms with Crippen molar-refractivity contribution in [1.82, 2.24) is 5.32 Å². The summed E-state index contributed by atoms with van der Waals surface area (Å²) in [7, 11) is 0. The molecule has 1 unspecified atom stereocenters. The lowest BCUT2D eigenvalue weighted by Crippen LogP contribution is -2.54. The van der Waals surface area contributed by atoms with E-state index in [1.54, 1.807) is 6.92 Å². The minimum Gasteiger partial charge on any atom is -0.351 e. The van der Waals surface area contributed by atoms with Gasteiger partial charge in [0.15, 0.2) is 5.84 Å². The summed E-state index contributed by atoms with van der Waals surface area (Å²) in [5.74, 6) is 1.45. The summed E-state index contributed by atoms with van der Waals surface area (Å²) in [6, 6.07) is 0. The van der Waals surface area contributed by atoms with Gasteiger partial charge in [-0.15, -0.1) is 0 Å². The summed E-state index contributed by atoms with van der Waals surface area (Å²) in [5, 5.41) is 2.95. The number of amidine groups is 1. The minimum absolute atomic E-state index is 0.0689. The highest BCUT2D eigenvalue weighted by Gasteiger charge is 2.35. The van der Waals surface area contributed by atoms with E-state index in [2.05, 4.69) is 31.3 Å². The van der Waals surface area contributed by atoms with Crippen molar-refractivity contribution in [2.24, 2.45) is 4.99 Å². The number of rotatable bonds is 16. The third-order valence-electron chi connectivity index (χ3n) is 5.81. The third kappa shape index (κ3) is 10.1. The Balaban J connectivity index is 2.09. The summed E-state index contributed by atoms with van der Waals surface area (Å²) >= 11 is 0. The maximum Gasteiger partial charge on any atom is 0.217 e. The standard InChI is InChI=1S/C23H43N3O/c1-4-6-7-8-9-10-11-12-13-14-15-16-17-23-25-19-21-26(23,5-2)20-18-24-22(3)27/h6-7H,4-5,8-21H2,1-3H3/p+1/b7-6+. The molecule has 0 aromatic rings. The van der Waals surface area contributed by atoms with Crippen LogP contribution in [0.5, 0.6) is 0 Å². The number of allylic oxidation sites excluding steroid dienone is 2. The van der Waals surface area contributed by atoms with Gasteiger partial charge < -0.3 is 5.32 Å². The summed E-state index contributed by atoms with van der Waals surface area (Å²) in [5.41, 5.74) is 0. The Bertz CT molecular complexity index is 459. The average Bonchev–Trinajstić information content (AvgIpc) is 3.05. The molecule has 1 amide bonds. The van der Waals surface area contributed by atoms with E-state index in [9.17, 15) is 4.79 Å². The molecule has 0 spiro atoms. The smallest absolute Gasteiger partial charge is 0.217 e. The number of hydrogen-bond donors (Lipinski definition) is 1. The Morgan fingerprint density at radius 2 is 1.70 bits per heavy atom. The fraction of sp³-hybridized carbons (Fsp3) is 0.826. The van der Waals surface area contributed by atoms with Gasteiger partial charge >= 0.3 is 0 Å². The molecule has 0 aromatic heterocycles. The van der Waals surface area contributed by atoms with Crippen LogP contribution in [0.3, 0.4) is 0 Å². The fourth-order valence-corrected chi connectivity index (χ4v) is 4.04. The molecule has 1 rings (SSSR count). The number of unbranched alkanes of at least 4 members (excludes halogenated alkanes) is 8. The second-order valence-corrected chi connectivity index (χ2v) is 7.94. The van der Waals surface area contributed by atoms with Crippen molar-refractivity contribution in [3.8, 4) is 0 Å². The van der Waals surface area contributed by atoms with Crippen LogP contribution >= 0.6 is 0 Å². The van der Waals surface area contributed by atoms with E-state index in [1.807, 2.05) is 0 Å². The Morgan fingerprint density at radius 3 is 2.33 bits per heavy atom. The first-order valence-corrected chi connectivity index (χ1v) is 11.4. The van der Waals surface area contributed by atoms with Crippen LogP contribution in [-0.2, 0) is 4.79 Å². The molecule has 1 atom stereocenters. The molecule has 156 valence electrons. The highest BCUT2D eigenvalue weighted by atomic mass is 16.1. The number of nitrogens with zero attached hydrogens (tertiary/aromatic N) is 2. The van der Waals surface area contributed by atoms with Gasteiger partial charge in [-0.3, -0.25) is 9.28 Å². The Morgan fingerprint density at radius 1 is 1.04 bits per heavy atom. The monoisotopic (exact) mass is 378 g/mol. The van der Waals surface area contributed by atoms with Crippen LogP contribution in [0.2, 0.25) is 0 Å². The van der Waals surface area contributed by atoms with E-state index >= 15 is 0 Å². The number of hydrogen-bond acceptors (Lipinski definition) is 2. The fourth-order valence-electron chi connectivity index (χ4n) is 4.04. The molecule has 1 heterocycles. The highest BCUT2D eigenvalue weighted by Crippen LogP contribution is 2.20. The van der Waals surface area contributed by atoms with E-state index in [4.69, 9.17) is 4.99 Å². The highest BCUT2D eigenvalue weighted by molar-refractivity contribution is 5.77. The lowest BCUT2D eigenvalue weighted by atomic mass is 10.1. The average molecular weight is 379 g/mol. The van der Waals surface area contributed by atoms with Crippen LogP contribution in [0.15, 0.2) is 17.1 Å². The summed E-state index contributed by atoms with van der Waals surface area (Å²) in [4.78, 5) is 16.0. The molecule has 1 aliphatic rings. The van der Waals surface area contributed by atoms with Gasteiger partial charge in [0.1, 0.15) is 13.1 Å². The van der Waals surface area contributed by atoms with Crippen molar-refractivity contribution < 1.29 is 9.28 Å². The van der Waals surface area contributed by atoms with E-state index in [-0.39, 0.29) is 5.91 Å². The van der Waals surface area contributed by atoms with Gasteiger partial charge in [-0.1, -0.05) is 57.6 Å². The molecule has 0 radical (unpaired) electrons. The van der Waals surface area contributed by atoms with Crippen LogP contribution in [0.1, 0.15) is 91.4 Å².